The predicted molar refractivity (Wildman–Crippen MR) is 72.8 cm³/mol. The highest BCUT2D eigenvalue weighted by molar-refractivity contribution is 5.70. The van der Waals surface area contributed by atoms with E-state index in [0.717, 1.165) is 12.8 Å². The first-order valence-corrected chi connectivity index (χ1v) is 6.98. The Hall–Kier alpha value is -1.99. The zero-order chi connectivity index (χ0) is 16.2. The van der Waals surface area contributed by atoms with Gasteiger partial charge in [-0.3, -0.25) is 4.79 Å². The predicted octanol–water partition coefficient (Wildman–Crippen LogP) is 3.08. The number of hydrogen-bond acceptors (Lipinski definition) is 4. The average Bonchev–Trinajstić information content (AvgIpc) is 2.46. The van der Waals surface area contributed by atoms with E-state index in [9.17, 15) is 18.0 Å². The van der Waals surface area contributed by atoms with Gasteiger partial charge < -0.3 is 15.2 Å². The monoisotopic (exact) mass is 318 g/mol. The number of halogens is 3. The van der Waals surface area contributed by atoms with E-state index in [1.54, 1.807) is 6.07 Å². The Bertz CT molecular complexity index is 497. The van der Waals surface area contributed by atoms with Crippen LogP contribution in [0.25, 0.3) is 0 Å². The second-order valence-electron chi connectivity index (χ2n) is 5.32. The third-order valence-corrected chi connectivity index (χ3v) is 3.57. The summed E-state index contributed by atoms with van der Waals surface area (Å²) in [7, 11) is 0. The van der Waals surface area contributed by atoms with Crippen molar-refractivity contribution in [3.63, 3.8) is 0 Å². The highest BCUT2D eigenvalue weighted by Crippen LogP contribution is 2.27. The summed E-state index contributed by atoms with van der Waals surface area (Å²) in [6, 6.07) is 3.12. The molecule has 0 radical (unpaired) electrons. The molecule has 0 amide bonds. The van der Waals surface area contributed by atoms with Crippen molar-refractivity contribution in [3.05, 3.63) is 18.3 Å². The lowest BCUT2D eigenvalue weighted by molar-refractivity contribution is -0.154. The maximum absolute atomic E-state index is 12.0. The lowest BCUT2D eigenvalue weighted by Gasteiger charge is -2.27. The van der Waals surface area contributed by atoms with Crippen LogP contribution < -0.4 is 10.1 Å². The van der Waals surface area contributed by atoms with Crippen molar-refractivity contribution < 1.29 is 27.8 Å². The van der Waals surface area contributed by atoms with E-state index in [4.69, 9.17) is 5.11 Å². The second kappa shape index (κ2) is 6.85. The molecule has 0 saturated heterocycles. The molecule has 1 aromatic rings. The molecule has 5 nitrogen and oxygen atoms in total. The van der Waals surface area contributed by atoms with Gasteiger partial charge in [-0.2, -0.15) is 13.2 Å². The van der Waals surface area contributed by atoms with Gasteiger partial charge in [0.15, 0.2) is 6.61 Å². The number of rotatable bonds is 5. The molecule has 8 heteroatoms. The molecule has 0 aliphatic heterocycles. The normalized spacial score (nSPS) is 22.1. The summed E-state index contributed by atoms with van der Waals surface area (Å²) in [6.07, 6.45) is -0.261. The standard InChI is InChI=1S/C14H17F3N2O3/c15-14(16,17)8-22-12-6-5-11(7-18-12)19-10-3-1-9(2-4-10)13(20)21/h5-7,9-10,19H,1-4,8H2,(H,20,21). The maximum atomic E-state index is 12.0. The van der Waals surface area contributed by atoms with E-state index in [-0.39, 0.29) is 17.8 Å². The minimum absolute atomic E-state index is 0.0857. The van der Waals surface area contributed by atoms with Gasteiger partial charge in [0.2, 0.25) is 5.88 Å². The van der Waals surface area contributed by atoms with Crippen molar-refractivity contribution in [1.29, 1.82) is 0 Å². The zero-order valence-corrected chi connectivity index (χ0v) is 11.8. The molecule has 1 fully saturated rings. The number of alkyl halides is 3. The van der Waals surface area contributed by atoms with Gasteiger partial charge in [0.05, 0.1) is 17.8 Å². The van der Waals surface area contributed by atoms with Crippen molar-refractivity contribution in [1.82, 2.24) is 4.98 Å². The molecule has 122 valence electrons. The SMILES string of the molecule is O=C(O)C1CCC(Nc2ccc(OCC(F)(F)F)nc2)CC1. The van der Waals surface area contributed by atoms with Crippen LogP contribution in [-0.2, 0) is 4.79 Å². The fraction of sp³-hybridized carbons (Fsp3) is 0.571. The van der Waals surface area contributed by atoms with Crippen LogP contribution in [0.2, 0.25) is 0 Å². The van der Waals surface area contributed by atoms with E-state index in [1.807, 2.05) is 0 Å². The number of carbonyl (C=O) groups is 1. The Morgan fingerprint density at radius 2 is 2.00 bits per heavy atom. The summed E-state index contributed by atoms with van der Waals surface area (Å²) >= 11 is 0. The minimum Gasteiger partial charge on any atom is -0.481 e. The number of carboxylic acid groups (broad SMARTS) is 1. The highest BCUT2D eigenvalue weighted by atomic mass is 19.4. The first-order valence-electron chi connectivity index (χ1n) is 6.98. The summed E-state index contributed by atoms with van der Waals surface area (Å²) in [5.74, 6) is -1.13. The van der Waals surface area contributed by atoms with Crippen LogP contribution in [0.5, 0.6) is 5.88 Å². The molecular formula is C14H17F3N2O3. The lowest BCUT2D eigenvalue weighted by atomic mass is 9.86. The molecule has 1 aliphatic carbocycles. The number of aromatic nitrogens is 1. The van der Waals surface area contributed by atoms with Crippen molar-refractivity contribution in [2.24, 2.45) is 5.92 Å². The number of pyridine rings is 1. The molecule has 1 heterocycles. The van der Waals surface area contributed by atoms with Gasteiger partial charge in [-0.15, -0.1) is 0 Å². The first kappa shape index (κ1) is 16.4. The zero-order valence-electron chi connectivity index (χ0n) is 11.8. The number of hydrogen-bond donors (Lipinski definition) is 2. The van der Waals surface area contributed by atoms with Gasteiger partial charge in [0, 0.05) is 12.1 Å². The Labute approximate surface area is 125 Å². The molecule has 0 spiro atoms. The largest absolute Gasteiger partial charge is 0.481 e. The Kier molecular flexibility index (Phi) is 5.10. The van der Waals surface area contributed by atoms with Crippen LogP contribution in [0, 0.1) is 5.92 Å². The summed E-state index contributed by atoms with van der Waals surface area (Å²) in [4.78, 5) is 14.7. The van der Waals surface area contributed by atoms with Gasteiger partial charge >= 0.3 is 12.1 Å². The summed E-state index contributed by atoms with van der Waals surface area (Å²) < 4.78 is 40.6. The summed E-state index contributed by atoms with van der Waals surface area (Å²) in [5.41, 5.74) is 0.679. The van der Waals surface area contributed by atoms with E-state index in [0.29, 0.717) is 18.5 Å². The van der Waals surface area contributed by atoms with Crippen molar-refractivity contribution in [2.75, 3.05) is 11.9 Å². The Morgan fingerprint density at radius 3 is 2.50 bits per heavy atom. The van der Waals surface area contributed by atoms with E-state index in [2.05, 4.69) is 15.0 Å². The molecule has 2 N–H and O–H groups in total. The molecule has 0 atom stereocenters. The number of carboxylic acids is 1. The number of nitrogens with one attached hydrogen (secondary N) is 1. The van der Waals surface area contributed by atoms with Crippen LogP contribution >= 0.6 is 0 Å². The molecule has 1 aliphatic rings. The fourth-order valence-electron chi connectivity index (χ4n) is 2.43. The van der Waals surface area contributed by atoms with Gasteiger partial charge in [-0.1, -0.05) is 0 Å². The molecule has 0 aromatic carbocycles. The van der Waals surface area contributed by atoms with Gasteiger partial charge in [-0.25, -0.2) is 4.98 Å². The first-order chi connectivity index (χ1) is 10.3. The number of ether oxygens (including phenoxy) is 1. The summed E-state index contributed by atoms with van der Waals surface area (Å²) in [5, 5.41) is 12.1. The topological polar surface area (TPSA) is 71.5 Å². The van der Waals surface area contributed by atoms with Crippen LogP contribution in [0.1, 0.15) is 25.7 Å². The smallest absolute Gasteiger partial charge is 0.422 e. The van der Waals surface area contributed by atoms with Crippen LogP contribution in [-0.4, -0.2) is 34.9 Å². The molecular weight excluding hydrogens is 301 g/mol. The quantitative estimate of drug-likeness (QED) is 0.873. The van der Waals surface area contributed by atoms with E-state index >= 15 is 0 Å². The highest BCUT2D eigenvalue weighted by Gasteiger charge is 2.28. The maximum Gasteiger partial charge on any atom is 0.422 e. The molecule has 0 bridgehead atoms. The third-order valence-electron chi connectivity index (χ3n) is 3.57. The summed E-state index contributed by atoms with van der Waals surface area (Å²) in [6.45, 7) is -1.37. The molecule has 0 unspecified atom stereocenters. The van der Waals surface area contributed by atoms with Crippen molar-refractivity contribution in [3.8, 4) is 5.88 Å². The van der Waals surface area contributed by atoms with Gasteiger partial charge in [0.1, 0.15) is 0 Å². The Balaban J connectivity index is 1.81. The van der Waals surface area contributed by atoms with Gasteiger partial charge in [-0.05, 0) is 31.7 Å². The third kappa shape index (κ3) is 5.09. The van der Waals surface area contributed by atoms with Gasteiger partial charge in [0.25, 0.3) is 0 Å². The molecule has 1 saturated carbocycles. The van der Waals surface area contributed by atoms with E-state index < -0.39 is 18.8 Å². The second-order valence-corrected chi connectivity index (χ2v) is 5.32. The number of aliphatic carboxylic acids is 1. The van der Waals surface area contributed by atoms with Crippen molar-refractivity contribution in [2.45, 2.75) is 37.9 Å². The average molecular weight is 318 g/mol. The van der Waals surface area contributed by atoms with Crippen LogP contribution in [0.15, 0.2) is 18.3 Å². The number of anilines is 1. The molecule has 2 rings (SSSR count). The Morgan fingerprint density at radius 1 is 1.32 bits per heavy atom. The fourth-order valence-corrected chi connectivity index (χ4v) is 2.43. The molecule has 22 heavy (non-hydrogen) atoms. The van der Waals surface area contributed by atoms with Crippen LogP contribution in [0.3, 0.4) is 0 Å². The lowest BCUT2D eigenvalue weighted by Crippen LogP contribution is -2.29. The van der Waals surface area contributed by atoms with Crippen LogP contribution in [0.4, 0.5) is 18.9 Å². The molecule has 1 aromatic heterocycles. The minimum atomic E-state index is -4.39. The van der Waals surface area contributed by atoms with E-state index in [1.165, 1.54) is 12.3 Å². The number of nitrogens with zero attached hydrogens (tertiary/aromatic N) is 1. The van der Waals surface area contributed by atoms with Crippen molar-refractivity contribution >= 4 is 11.7 Å².